The molecule has 3 heteroatoms. The molecule has 60 valence electrons. The van der Waals surface area contributed by atoms with Gasteiger partial charge >= 0.3 is 0 Å². The minimum Gasteiger partial charge on any atom is -0.496 e. The van der Waals surface area contributed by atoms with Gasteiger partial charge in [-0.1, -0.05) is 0 Å². The Morgan fingerprint density at radius 2 is 1.70 bits per heavy atom. The van der Waals surface area contributed by atoms with Crippen LogP contribution in [0.2, 0.25) is 0 Å². The molecular formula is C7H14O3. The fourth-order valence-electron chi connectivity index (χ4n) is 0.679. The van der Waals surface area contributed by atoms with E-state index in [4.69, 9.17) is 14.2 Å². The molecule has 0 atom stereocenters. The second-order valence-electron chi connectivity index (χ2n) is 1.70. The Hall–Kier alpha value is -0.540. The third-order valence-electron chi connectivity index (χ3n) is 1.18. The summed E-state index contributed by atoms with van der Waals surface area (Å²) in [6.07, 6.45) is 1.42. The summed E-state index contributed by atoms with van der Waals surface area (Å²) in [5, 5.41) is 0. The Morgan fingerprint density at radius 3 is 1.80 bits per heavy atom. The molecule has 0 N–H and O–H groups in total. The Morgan fingerprint density at radius 1 is 1.20 bits per heavy atom. The van der Waals surface area contributed by atoms with E-state index in [1.807, 2.05) is 6.92 Å². The highest BCUT2D eigenvalue weighted by molar-refractivity contribution is 4.93. The number of hydrogen-bond donors (Lipinski definition) is 0. The van der Waals surface area contributed by atoms with Gasteiger partial charge in [-0.3, -0.25) is 0 Å². The van der Waals surface area contributed by atoms with Crippen LogP contribution in [0.3, 0.4) is 0 Å². The Bertz CT molecular complexity index is 105. The van der Waals surface area contributed by atoms with Gasteiger partial charge in [-0.15, -0.1) is 0 Å². The number of ether oxygens (including phenoxy) is 3. The van der Waals surface area contributed by atoms with Gasteiger partial charge in [0.05, 0.1) is 7.11 Å². The minimum absolute atomic E-state index is 0.380. The minimum atomic E-state index is -0.380. The molecule has 0 aromatic rings. The first kappa shape index (κ1) is 9.46. The molecule has 0 aliphatic heterocycles. The van der Waals surface area contributed by atoms with E-state index in [2.05, 4.69) is 0 Å². The van der Waals surface area contributed by atoms with Crippen molar-refractivity contribution in [3.05, 3.63) is 11.8 Å². The Kier molecular flexibility index (Phi) is 4.98. The van der Waals surface area contributed by atoms with Crippen LogP contribution >= 0.6 is 0 Å². The number of hydrogen-bond acceptors (Lipinski definition) is 3. The monoisotopic (exact) mass is 146 g/mol. The van der Waals surface area contributed by atoms with Crippen LogP contribution < -0.4 is 0 Å². The fourth-order valence-corrected chi connectivity index (χ4v) is 0.679. The van der Waals surface area contributed by atoms with Crippen molar-refractivity contribution in [3.8, 4) is 0 Å². The zero-order valence-corrected chi connectivity index (χ0v) is 6.88. The summed E-state index contributed by atoms with van der Waals surface area (Å²) >= 11 is 0. The van der Waals surface area contributed by atoms with Crippen molar-refractivity contribution < 1.29 is 14.2 Å². The van der Waals surface area contributed by atoms with E-state index in [-0.39, 0.29) is 6.29 Å². The number of allylic oxidation sites excluding steroid dienone is 1. The standard InChI is InChI=1S/C7H14O3/c1-5-6(8-2)7(9-3)10-4/h5,7H,1-4H3. The van der Waals surface area contributed by atoms with E-state index in [0.29, 0.717) is 5.76 Å². The van der Waals surface area contributed by atoms with E-state index < -0.39 is 0 Å². The SMILES string of the molecule is CC=C(OC)C(OC)OC. The molecule has 0 aliphatic carbocycles. The third-order valence-corrected chi connectivity index (χ3v) is 1.18. The first-order chi connectivity index (χ1) is 4.79. The first-order valence-electron chi connectivity index (χ1n) is 3.05. The Balaban J connectivity index is 3.97. The second kappa shape index (κ2) is 5.26. The molecule has 0 radical (unpaired) electrons. The summed E-state index contributed by atoms with van der Waals surface area (Å²) in [5.74, 6) is 0.685. The van der Waals surface area contributed by atoms with Crippen molar-refractivity contribution in [2.24, 2.45) is 0 Å². The van der Waals surface area contributed by atoms with Crippen molar-refractivity contribution in [2.45, 2.75) is 13.2 Å². The van der Waals surface area contributed by atoms with E-state index >= 15 is 0 Å². The lowest BCUT2D eigenvalue weighted by Crippen LogP contribution is -2.16. The largest absolute Gasteiger partial charge is 0.496 e. The highest BCUT2D eigenvalue weighted by Crippen LogP contribution is 2.06. The molecule has 10 heavy (non-hydrogen) atoms. The van der Waals surface area contributed by atoms with Crippen molar-refractivity contribution in [1.29, 1.82) is 0 Å². The van der Waals surface area contributed by atoms with E-state index in [1.54, 1.807) is 27.4 Å². The van der Waals surface area contributed by atoms with Gasteiger partial charge in [-0.05, 0) is 13.0 Å². The van der Waals surface area contributed by atoms with Gasteiger partial charge < -0.3 is 14.2 Å². The topological polar surface area (TPSA) is 27.7 Å². The fraction of sp³-hybridized carbons (Fsp3) is 0.714. The number of rotatable bonds is 4. The van der Waals surface area contributed by atoms with Crippen LogP contribution in [0.5, 0.6) is 0 Å². The Labute approximate surface area is 61.6 Å². The lowest BCUT2D eigenvalue weighted by atomic mass is 10.4. The van der Waals surface area contributed by atoms with E-state index in [9.17, 15) is 0 Å². The van der Waals surface area contributed by atoms with Gasteiger partial charge in [0.25, 0.3) is 0 Å². The lowest BCUT2D eigenvalue weighted by molar-refractivity contribution is -0.101. The molecular weight excluding hydrogens is 132 g/mol. The first-order valence-corrected chi connectivity index (χ1v) is 3.05. The van der Waals surface area contributed by atoms with Crippen LogP contribution in [0, 0.1) is 0 Å². The lowest BCUT2D eigenvalue weighted by Gasteiger charge is -2.14. The average molecular weight is 146 g/mol. The van der Waals surface area contributed by atoms with Crippen molar-refractivity contribution in [3.63, 3.8) is 0 Å². The predicted molar refractivity (Wildman–Crippen MR) is 38.6 cm³/mol. The van der Waals surface area contributed by atoms with Gasteiger partial charge in [0.2, 0.25) is 6.29 Å². The zero-order chi connectivity index (χ0) is 7.98. The van der Waals surface area contributed by atoms with Crippen molar-refractivity contribution in [2.75, 3.05) is 21.3 Å². The molecule has 3 nitrogen and oxygen atoms in total. The molecule has 0 saturated heterocycles. The molecule has 0 aliphatic rings. The van der Waals surface area contributed by atoms with Crippen molar-refractivity contribution >= 4 is 0 Å². The number of methoxy groups -OCH3 is 3. The highest BCUT2D eigenvalue weighted by Gasteiger charge is 2.10. The summed E-state index contributed by atoms with van der Waals surface area (Å²) in [7, 11) is 4.72. The molecule has 0 unspecified atom stereocenters. The summed E-state index contributed by atoms with van der Waals surface area (Å²) in [6.45, 7) is 1.86. The van der Waals surface area contributed by atoms with Gasteiger partial charge in [0, 0.05) is 14.2 Å². The molecule has 0 amide bonds. The summed E-state index contributed by atoms with van der Waals surface area (Å²) in [6, 6.07) is 0. The summed E-state index contributed by atoms with van der Waals surface area (Å²) < 4.78 is 14.8. The van der Waals surface area contributed by atoms with E-state index in [1.165, 1.54) is 0 Å². The third kappa shape index (κ3) is 2.37. The maximum absolute atomic E-state index is 4.95. The summed E-state index contributed by atoms with van der Waals surface area (Å²) in [5.41, 5.74) is 0. The molecule has 0 aromatic carbocycles. The zero-order valence-electron chi connectivity index (χ0n) is 6.88. The molecule has 0 fully saturated rings. The smallest absolute Gasteiger partial charge is 0.215 e. The van der Waals surface area contributed by atoms with Gasteiger partial charge in [0.15, 0.2) is 0 Å². The average Bonchev–Trinajstić information content (AvgIpc) is 2.00. The van der Waals surface area contributed by atoms with Crippen LogP contribution in [-0.2, 0) is 14.2 Å². The summed E-state index contributed by atoms with van der Waals surface area (Å²) in [4.78, 5) is 0. The van der Waals surface area contributed by atoms with Crippen LogP contribution in [-0.4, -0.2) is 27.6 Å². The molecule has 0 heterocycles. The van der Waals surface area contributed by atoms with E-state index in [0.717, 1.165) is 0 Å². The normalized spacial score (nSPS) is 12.3. The van der Waals surface area contributed by atoms with Gasteiger partial charge in [-0.2, -0.15) is 0 Å². The predicted octanol–water partition coefficient (Wildman–Crippen LogP) is 1.16. The van der Waals surface area contributed by atoms with Crippen LogP contribution in [0.25, 0.3) is 0 Å². The molecule has 0 aromatic heterocycles. The van der Waals surface area contributed by atoms with Gasteiger partial charge in [0.1, 0.15) is 5.76 Å². The molecule has 0 saturated carbocycles. The maximum Gasteiger partial charge on any atom is 0.215 e. The molecule has 0 rings (SSSR count). The quantitative estimate of drug-likeness (QED) is 0.440. The van der Waals surface area contributed by atoms with Gasteiger partial charge in [-0.25, -0.2) is 0 Å². The van der Waals surface area contributed by atoms with Crippen LogP contribution in [0.15, 0.2) is 11.8 Å². The molecule has 0 spiro atoms. The van der Waals surface area contributed by atoms with Crippen LogP contribution in [0.4, 0.5) is 0 Å². The van der Waals surface area contributed by atoms with Crippen LogP contribution in [0.1, 0.15) is 6.92 Å². The molecule has 0 bridgehead atoms. The highest BCUT2D eigenvalue weighted by atomic mass is 16.7. The second-order valence-corrected chi connectivity index (χ2v) is 1.70. The van der Waals surface area contributed by atoms with Crippen molar-refractivity contribution in [1.82, 2.24) is 0 Å². The maximum atomic E-state index is 4.95.